The Balaban J connectivity index is 1.86. The number of carbonyl (C=O) groups is 2. The number of benzene rings is 3. The summed E-state index contributed by atoms with van der Waals surface area (Å²) in [6.07, 6.45) is 0.724. The highest BCUT2D eigenvalue weighted by molar-refractivity contribution is 6.00. The molecule has 0 bridgehead atoms. The summed E-state index contributed by atoms with van der Waals surface area (Å²) in [7, 11) is 0. The molecule has 3 aromatic carbocycles. The topological polar surface area (TPSA) is 108 Å². The van der Waals surface area contributed by atoms with Crippen molar-refractivity contribution in [3.63, 3.8) is 0 Å². The molecule has 0 aliphatic carbocycles. The third kappa shape index (κ3) is 5.37. The molecule has 0 fully saturated rings. The summed E-state index contributed by atoms with van der Waals surface area (Å²) >= 11 is 0. The first-order valence-corrected chi connectivity index (χ1v) is 9.45. The van der Waals surface area contributed by atoms with Crippen molar-refractivity contribution in [2.45, 2.75) is 13.0 Å². The summed E-state index contributed by atoms with van der Waals surface area (Å²) in [5.41, 5.74) is 2.29. The highest BCUT2D eigenvalue weighted by Crippen LogP contribution is 2.31. The van der Waals surface area contributed by atoms with E-state index in [9.17, 15) is 19.1 Å². The van der Waals surface area contributed by atoms with Gasteiger partial charge in [-0.2, -0.15) is 0 Å². The minimum Gasteiger partial charge on any atom is -0.505 e. The zero-order valence-corrected chi connectivity index (χ0v) is 16.6. The van der Waals surface area contributed by atoms with Crippen LogP contribution in [-0.2, 0) is 9.53 Å². The molecule has 3 aromatic rings. The van der Waals surface area contributed by atoms with Gasteiger partial charge in [-0.3, -0.25) is 15.3 Å². The summed E-state index contributed by atoms with van der Waals surface area (Å²) in [6, 6.07) is 16.6. The number of rotatable bonds is 6. The molecule has 0 spiro atoms. The van der Waals surface area contributed by atoms with Gasteiger partial charge in [-0.05, 0) is 29.1 Å². The van der Waals surface area contributed by atoms with Crippen molar-refractivity contribution in [3.8, 4) is 5.75 Å². The minimum atomic E-state index is -0.979. The van der Waals surface area contributed by atoms with Crippen molar-refractivity contribution in [2.75, 3.05) is 5.32 Å². The lowest BCUT2D eigenvalue weighted by Crippen LogP contribution is -2.22. The van der Waals surface area contributed by atoms with E-state index in [2.05, 4.69) is 5.32 Å². The Morgan fingerprint density at radius 1 is 1.10 bits per heavy atom. The van der Waals surface area contributed by atoms with Crippen LogP contribution in [0.3, 0.4) is 0 Å². The largest absolute Gasteiger partial charge is 0.505 e. The molecule has 2 amide bonds. The average Bonchev–Trinajstić information content (AvgIpc) is 2.77. The Morgan fingerprint density at radius 2 is 1.84 bits per heavy atom. The van der Waals surface area contributed by atoms with E-state index < -0.39 is 35.6 Å². The molecule has 2 atom stereocenters. The van der Waals surface area contributed by atoms with Crippen molar-refractivity contribution in [2.24, 2.45) is 5.92 Å². The van der Waals surface area contributed by atoms with Crippen molar-refractivity contribution < 1.29 is 29.0 Å². The number of hydrogen-bond donors (Lipinski definition) is 4. The van der Waals surface area contributed by atoms with Crippen LogP contribution in [0.15, 0.2) is 72.8 Å². The predicted octanol–water partition coefficient (Wildman–Crippen LogP) is 4.67. The number of nitrogens with one attached hydrogen (secondary N) is 2. The normalized spacial score (nSPS) is 13.0. The average molecular weight is 424 g/mol. The van der Waals surface area contributed by atoms with E-state index in [0.717, 1.165) is 29.0 Å². The Morgan fingerprint density at radius 3 is 2.58 bits per heavy atom. The number of phenols is 1. The molecule has 8 heteroatoms. The first-order valence-electron chi connectivity index (χ1n) is 9.45. The SMILES string of the molecule is C[C@@H](/C=C/C(=O)NO)[C@H](OC(=O)Nc1cccc2ccccc12)c1ccc(O)c(F)c1. The number of ether oxygens (including phenoxy) is 1. The first kappa shape index (κ1) is 21.8. The number of hydrogen-bond acceptors (Lipinski definition) is 5. The fourth-order valence-corrected chi connectivity index (χ4v) is 3.15. The third-order valence-corrected chi connectivity index (χ3v) is 4.70. The van der Waals surface area contributed by atoms with Crippen LogP contribution in [0.1, 0.15) is 18.6 Å². The summed E-state index contributed by atoms with van der Waals surface area (Å²) in [5.74, 6) is -2.74. The molecular formula is C23H21FN2O5. The molecule has 0 aliphatic heterocycles. The van der Waals surface area contributed by atoms with Gasteiger partial charge < -0.3 is 9.84 Å². The molecule has 0 radical (unpaired) electrons. The maximum absolute atomic E-state index is 13.9. The zero-order chi connectivity index (χ0) is 22.4. The number of carbonyl (C=O) groups excluding carboxylic acids is 2. The maximum Gasteiger partial charge on any atom is 0.412 e. The molecule has 0 heterocycles. The summed E-state index contributed by atoms with van der Waals surface area (Å²) in [4.78, 5) is 24.0. The van der Waals surface area contributed by atoms with Gasteiger partial charge in [0.05, 0.1) is 5.69 Å². The lowest BCUT2D eigenvalue weighted by Gasteiger charge is -2.23. The van der Waals surface area contributed by atoms with Gasteiger partial charge >= 0.3 is 6.09 Å². The Bertz CT molecular complexity index is 1130. The molecule has 0 saturated carbocycles. The Kier molecular flexibility index (Phi) is 6.84. The van der Waals surface area contributed by atoms with Crippen LogP contribution in [0.5, 0.6) is 5.75 Å². The summed E-state index contributed by atoms with van der Waals surface area (Å²) < 4.78 is 19.5. The third-order valence-electron chi connectivity index (χ3n) is 4.70. The maximum atomic E-state index is 13.9. The molecule has 160 valence electrons. The van der Waals surface area contributed by atoms with E-state index in [-0.39, 0.29) is 5.56 Å². The number of anilines is 1. The van der Waals surface area contributed by atoms with Crippen molar-refractivity contribution in [1.82, 2.24) is 5.48 Å². The van der Waals surface area contributed by atoms with E-state index in [1.807, 2.05) is 30.3 Å². The molecule has 3 rings (SSSR count). The second kappa shape index (κ2) is 9.73. The van der Waals surface area contributed by atoms with Gasteiger partial charge in [0.1, 0.15) is 6.10 Å². The van der Waals surface area contributed by atoms with Gasteiger partial charge in [0.2, 0.25) is 0 Å². The number of amides is 2. The van der Waals surface area contributed by atoms with Gasteiger partial charge in [0.15, 0.2) is 11.6 Å². The van der Waals surface area contributed by atoms with Gasteiger partial charge in [0, 0.05) is 17.4 Å². The number of hydroxylamine groups is 1. The van der Waals surface area contributed by atoms with Gasteiger partial charge in [-0.15, -0.1) is 0 Å². The number of phenolic OH excluding ortho intramolecular Hbond substituents is 1. The molecule has 0 aliphatic rings. The molecule has 0 aromatic heterocycles. The number of halogens is 1. The number of fused-ring (bicyclic) bond motifs is 1. The van der Waals surface area contributed by atoms with E-state index in [1.165, 1.54) is 17.6 Å². The molecule has 0 unspecified atom stereocenters. The number of aromatic hydroxyl groups is 1. The molecular weight excluding hydrogens is 403 g/mol. The second-order valence-corrected chi connectivity index (χ2v) is 6.88. The second-order valence-electron chi connectivity index (χ2n) is 6.88. The van der Waals surface area contributed by atoms with Crippen LogP contribution in [0.4, 0.5) is 14.9 Å². The molecule has 7 nitrogen and oxygen atoms in total. The highest BCUT2D eigenvalue weighted by Gasteiger charge is 2.24. The Labute approximate surface area is 177 Å². The molecule has 4 N–H and O–H groups in total. The fourth-order valence-electron chi connectivity index (χ4n) is 3.15. The zero-order valence-electron chi connectivity index (χ0n) is 16.6. The van der Waals surface area contributed by atoms with Gasteiger partial charge in [-0.25, -0.2) is 14.7 Å². The van der Waals surface area contributed by atoms with Crippen molar-refractivity contribution >= 4 is 28.5 Å². The van der Waals surface area contributed by atoms with Crippen LogP contribution in [0, 0.1) is 11.7 Å². The van der Waals surface area contributed by atoms with Crippen LogP contribution >= 0.6 is 0 Å². The standard InChI is InChI=1S/C23H21FN2O5/c1-14(9-12-21(28)26-30)22(16-10-11-20(27)18(24)13-16)31-23(29)25-19-8-4-6-15-5-2-3-7-17(15)19/h2-14,22,27,30H,1H3,(H,25,29)(H,26,28)/b12-9+/t14-,22-/m0/s1. The fraction of sp³-hybridized carbons (Fsp3) is 0.130. The highest BCUT2D eigenvalue weighted by atomic mass is 19.1. The van der Waals surface area contributed by atoms with E-state index >= 15 is 0 Å². The predicted molar refractivity (Wildman–Crippen MR) is 113 cm³/mol. The summed E-state index contributed by atoms with van der Waals surface area (Å²) in [5, 5.41) is 22.6. The van der Waals surface area contributed by atoms with Gasteiger partial charge in [0.25, 0.3) is 5.91 Å². The minimum absolute atomic E-state index is 0.282. The molecule has 31 heavy (non-hydrogen) atoms. The van der Waals surface area contributed by atoms with Crippen molar-refractivity contribution in [3.05, 3.63) is 84.2 Å². The van der Waals surface area contributed by atoms with E-state index in [4.69, 9.17) is 9.94 Å². The van der Waals surface area contributed by atoms with Crippen molar-refractivity contribution in [1.29, 1.82) is 0 Å². The smallest absolute Gasteiger partial charge is 0.412 e. The van der Waals surface area contributed by atoms with E-state index in [1.54, 1.807) is 19.1 Å². The first-order chi connectivity index (χ1) is 14.9. The van der Waals surface area contributed by atoms with E-state index in [0.29, 0.717) is 5.69 Å². The van der Waals surface area contributed by atoms with Crippen LogP contribution in [0.2, 0.25) is 0 Å². The Hall–Kier alpha value is -3.91. The lowest BCUT2D eigenvalue weighted by atomic mass is 9.96. The molecule has 0 saturated heterocycles. The monoisotopic (exact) mass is 424 g/mol. The van der Waals surface area contributed by atoms with Gasteiger partial charge in [-0.1, -0.05) is 55.5 Å². The van der Waals surface area contributed by atoms with Crippen LogP contribution in [-0.4, -0.2) is 22.3 Å². The lowest BCUT2D eigenvalue weighted by molar-refractivity contribution is -0.124. The van der Waals surface area contributed by atoms with Crippen LogP contribution in [0.25, 0.3) is 10.8 Å². The van der Waals surface area contributed by atoms with Crippen LogP contribution < -0.4 is 10.8 Å². The summed E-state index contributed by atoms with van der Waals surface area (Å²) in [6.45, 7) is 1.65. The quantitative estimate of drug-likeness (QED) is 0.261.